The highest BCUT2D eigenvalue weighted by molar-refractivity contribution is 14.0. The number of hydrogen-bond donors (Lipinski definition) is 1. The number of hydrogen-bond acceptors (Lipinski definition) is 2. The van der Waals surface area contributed by atoms with Crippen LogP contribution in [0.3, 0.4) is 0 Å². The lowest BCUT2D eigenvalue weighted by atomic mass is 9.96. The number of nitrogens with zero attached hydrogens (tertiary/aromatic N) is 3. The van der Waals surface area contributed by atoms with E-state index in [2.05, 4.69) is 10.2 Å². The van der Waals surface area contributed by atoms with Crippen LogP contribution in [0.15, 0.2) is 29.3 Å². The summed E-state index contributed by atoms with van der Waals surface area (Å²) in [4.78, 5) is 8.47. The number of rotatable bonds is 8. The molecule has 176 valence electrons. The molecule has 1 N–H and O–H groups in total. The van der Waals surface area contributed by atoms with Crippen LogP contribution in [-0.2, 0) is 5.41 Å². The summed E-state index contributed by atoms with van der Waals surface area (Å²) in [6.07, 6.45) is -1.33. The molecule has 2 fully saturated rings. The van der Waals surface area contributed by atoms with Crippen molar-refractivity contribution in [3.8, 4) is 0 Å². The largest absolute Gasteiger partial charge is 0.401 e. The van der Waals surface area contributed by atoms with Gasteiger partial charge in [0.15, 0.2) is 5.96 Å². The number of halogens is 5. The van der Waals surface area contributed by atoms with Crippen LogP contribution < -0.4 is 5.32 Å². The van der Waals surface area contributed by atoms with Crippen LogP contribution >= 0.6 is 24.0 Å². The highest BCUT2D eigenvalue weighted by atomic mass is 127. The van der Waals surface area contributed by atoms with Gasteiger partial charge in [0.05, 0.1) is 13.1 Å². The zero-order valence-electron chi connectivity index (χ0n) is 18.2. The molecule has 1 aromatic rings. The average molecular weight is 556 g/mol. The highest BCUT2D eigenvalue weighted by Gasteiger charge is 2.44. The van der Waals surface area contributed by atoms with Gasteiger partial charge in [0, 0.05) is 31.6 Å². The fourth-order valence-electron chi connectivity index (χ4n) is 4.26. The predicted octanol–water partition coefficient (Wildman–Crippen LogP) is 4.65. The average Bonchev–Trinajstić information content (AvgIpc) is 3.34. The first-order valence-electron chi connectivity index (χ1n) is 10.8. The Labute approximate surface area is 199 Å². The maximum absolute atomic E-state index is 13.6. The molecule has 0 aromatic heterocycles. The van der Waals surface area contributed by atoms with E-state index in [1.54, 1.807) is 19.1 Å². The molecule has 4 nitrogen and oxygen atoms in total. The van der Waals surface area contributed by atoms with E-state index in [0.717, 1.165) is 43.9 Å². The van der Waals surface area contributed by atoms with E-state index in [4.69, 9.17) is 4.99 Å². The van der Waals surface area contributed by atoms with Gasteiger partial charge >= 0.3 is 6.18 Å². The van der Waals surface area contributed by atoms with E-state index in [-0.39, 0.29) is 41.1 Å². The van der Waals surface area contributed by atoms with Crippen molar-refractivity contribution < 1.29 is 17.6 Å². The summed E-state index contributed by atoms with van der Waals surface area (Å²) in [7, 11) is 0. The van der Waals surface area contributed by atoms with Crippen molar-refractivity contribution in [1.82, 2.24) is 15.1 Å². The molecular formula is C22H33F4IN4. The first-order valence-corrected chi connectivity index (χ1v) is 10.8. The third-order valence-corrected chi connectivity index (χ3v) is 6.11. The van der Waals surface area contributed by atoms with Crippen molar-refractivity contribution in [3.63, 3.8) is 0 Å². The van der Waals surface area contributed by atoms with Crippen LogP contribution in [0.25, 0.3) is 0 Å². The third kappa shape index (κ3) is 7.47. The smallest absolute Gasteiger partial charge is 0.357 e. The van der Waals surface area contributed by atoms with E-state index in [1.165, 1.54) is 11.0 Å². The zero-order valence-corrected chi connectivity index (χ0v) is 20.5. The maximum Gasteiger partial charge on any atom is 0.401 e. The molecule has 0 bridgehead atoms. The van der Waals surface area contributed by atoms with Gasteiger partial charge in [-0.05, 0) is 56.3 Å². The van der Waals surface area contributed by atoms with Gasteiger partial charge in [-0.3, -0.25) is 9.89 Å². The minimum Gasteiger partial charge on any atom is -0.357 e. The van der Waals surface area contributed by atoms with Crippen molar-refractivity contribution >= 4 is 29.9 Å². The van der Waals surface area contributed by atoms with E-state index in [9.17, 15) is 17.6 Å². The van der Waals surface area contributed by atoms with Crippen molar-refractivity contribution in [1.29, 1.82) is 0 Å². The summed E-state index contributed by atoms with van der Waals surface area (Å²) < 4.78 is 51.9. The van der Waals surface area contributed by atoms with Gasteiger partial charge in [0.1, 0.15) is 5.82 Å². The second kappa shape index (κ2) is 11.2. The van der Waals surface area contributed by atoms with Crippen LogP contribution in [0.4, 0.5) is 17.6 Å². The molecule has 1 saturated carbocycles. The second-order valence-electron chi connectivity index (χ2n) is 8.50. The molecule has 1 heterocycles. The highest BCUT2D eigenvalue weighted by Crippen LogP contribution is 2.48. The molecule has 0 spiro atoms. The molecule has 1 aliphatic heterocycles. The van der Waals surface area contributed by atoms with Gasteiger partial charge in [-0.2, -0.15) is 13.2 Å². The van der Waals surface area contributed by atoms with Gasteiger partial charge in [0.2, 0.25) is 0 Å². The zero-order chi connectivity index (χ0) is 21.8. The molecule has 1 aromatic carbocycles. The quantitative estimate of drug-likeness (QED) is 0.219. The Balaban J connectivity index is 0.00000341. The molecule has 9 heteroatoms. The number of benzene rings is 1. The van der Waals surface area contributed by atoms with Crippen LogP contribution in [0.1, 0.15) is 38.7 Å². The molecular weight excluding hydrogens is 523 g/mol. The van der Waals surface area contributed by atoms with E-state index in [1.807, 2.05) is 13.0 Å². The predicted molar refractivity (Wildman–Crippen MR) is 127 cm³/mol. The van der Waals surface area contributed by atoms with E-state index in [0.29, 0.717) is 26.2 Å². The van der Waals surface area contributed by atoms with Gasteiger partial charge in [-0.25, -0.2) is 4.39 Å². The Kier molecular flexibility index (Phi) is 9.41. The lowest BCUT2D eigenvalue weighted by Gasteiger charge is -2.26. The summed E-state index contributed by atoms with van der Waals surface area (Å²) in [6, 6.07) is 6.76. The first-order chi connectivity index (χ1) is 14.2. The second-order valence-corrected chi connectivity index (χ2v) is 8.50. The lowest BCUT2D eigenvalue weighted by molar-refractivity contribution is -0.146. The van der Waals surface area contributed by atoms with Gasteiger partial charge in [0.25, 0.3) is 0 Å². The third-order valence-electron chi connectivity index (χ3n) is 6.11. The maximum atomic E-state index is 13.6. The van der Waals surface area contributed by atoms with Crippen molar-refractivity contribution in [3.05, 3.63) is 35.6 Å². The van der Waals surface area contributed by atoms with Crippen molar-refractivity contribution in [2.75, 3.05) is 45.8 Å². The Hall–Kier alpha value is -1.10. The van der Waals surface area contributed by atoms with E-state index < -0.39 is 12.7 Å². The summed E-state index contributed by atoms with van der Waals surface area (Å²) in [5.41, 5.74) is 0.903. The SMILES string of the molecule is CCNC(=NCC1(c2cccc(F)c2)CC1)N1CCC(CN(CC)CC(F)(F)F)C1.I. The normalized spacial score (nSPS) is 20.7. The van der Waals surface area contributed by atoms with Gasteiger partial charge < -0.3 is 10.2 Å². The molecule has 1 aliphatic carbocycles. The van der Waals surface area contributed by atoms with Gasteiger partial charge in [-0.1, -0.05) is 19.1 Å². The molecule has 31 heavy (non-hydrogen) atoms. The van der Waals surface area contributed by atoms with Crippen molar-refractivity contribution in [2.24, 2.45) is 10.9 Å². The first kappa shape index (κ1) is 26.2. The molecule has 1 atom stereocenters. The Bertz CT molecular complexity index is 736. The molecule has 2 aliphatic rings. The number of nitrogens with one attached hydrogen (secondary N) is 1. The summed E-state index contributed by atoms with van der Waals surface area (Å²) >= 11 is 0. The minimum absolute atomic E-state index is 0. The number of likely N-dealkylation sites (tertiary alicyclic amines) is 1. The number of alkyl halides is 3. The lowest BCUT2D eigenvalue weighted by Crippen LogP contribution is -2.42. The minimum atomic E-state index is -4.17. The van der Waals surface area contributed by atoms with Crippen LogP contribution in [-0.4, -0.2) is 67.7 Å². The molecule has 3 rings (SSSR count). The Morgan fingerprint density at radius 1 is 1.29 bits per heavy atom. The van der Waals surface area contributed by atoms with Crippen LogP contribution in [0.5, 0.6) is 0 Å². The summed E-state index contributed by atoms with van der Waals surface area (Å²) in [6.45, 7) is 6.55. The Morgan fingerprint density at radius 3 is 2.61 bits per heavy atom. The van der Waals surface area contributed by atoms with Crippen LogP contribution in [0.2, 0.25) is 0 Å². The fourth-order valence-corrected chi connectivity index (χ4v) is 4.26. The topological polar surface area (TPSA) is 30.9 Å². The Morgan fingerprint density at radius 2 is 2.03 bits per heavy atom. The summed E-state index contributed by atoms with van der Waals surface area (Å²) in [5, 5.41) is 3.32. The van der Waals surface area contributed by atoms with E-state index >= 15 is 0 Å². The summed E-state index contributed by atoms with van der Waals surface area (Å²) in [5.74, 6) is 0.771. The molecule has 1 saturated heterocycles. The molecule has 0 radical (unpaired) electrons. The van der Waals surface area contributed by atoms with Crippen LogP contribution in [0, 0.1) is 11.7 Å². The molecule has 1 unspecified atom stereocenters. The molecule has 0 amide bonds. The standard InChI is InChI=1S/C22H32F4N4.HI/c1-3-27-20(28-15-21(9-10-21)18-6-5-7-19(23)12-18)30-11-8-17(14-30)13-29(4-2)16-22(24,25)26;/h5-7,12,17H,3-4,8-11,13-16H2,1-2H3,(H,27,28);1H. The van der Waals surface area contributed by atoms with Gasteiger partial charge in [-0.15, -0.1) is 24.0 Å². The number of guanidine groups is 1. The number of aliphatic imine (C=N–C) groups is 1. The monoisotopic (exact) mass is 556 g/mol. The van der Waals surface area contributed by atoms with Crippen molar-refractivity contribution in [2.45, 2.75) is 44.7 Å². The fraction of sp³-hybridized carbons (Fsp3) is 0.682.